The molecule has 2 N–H and O–H groups in total. The number of anilines is 1. The van der Waals surface area contributed by atoms with Crippen LogP contribution in [-0.2, 0) is 6.54 Å². The van der Waals surface area contributed by atoms with Gasteiger partial charge < -0.3 is 5.32 Å². The monoisotopic (exact) mass is 396 g/mol. The van der Waals surface area contributed by atoms with Gasteiger partial charge in [0, 0.05) is 25.5 Å². The molecule has 0 fully saturated rings. The minimum Gasteiger partial charge on any atom is -0.338 e. The first-order chi connectivity index (χ1) is 13.7. The molecule has 0 saturated heterocycles. The second-order valence-corrected chi connectivity index (χ2v) is 6.77. The van der Waals surface area contributed by atoms with E-state index in [0.717, 1.165) is 0 Å². The molecule has 0 unspecified atom stereocenters. The lowest BCUT2D eigenvalue weighted by atomic mass is 10.4. The molecule has 0 aromatic carbocycles. The highest BCUT2D eigenvalue weighted by Gasteiger charge is 2.10. The van der Waals surface area contributed by atoms with Crippen LogP contribution in [-0.4, -0.2) is 41.9 Å². The molecule has 2 amide bonds. The smallest absolute Gasteiger partial charge is 0.338 e. The number of carbonyl (C=O) groups excluding carboxylic acids is 1. The Labute approximate surface area is 162 Å². The summed E-state index contributed by atoms with van der Waals surface area (Å²) in [5.74, 6) is 0. The summed E-state index contributed by atoms with van der Waals surface area (Å²) in [7, 11) is 0. The molecule has 0 aliphatic carbocycles. The number of hydrogen-bond acceptors (Lipinski definition) is 7. The first kappa shape index (κ1) is 17.8. The molecule has 0 aliphatic heterocycles. The zero-order valence-electron chi connectivity index (χ0n) is 14.6. The third-order valence-corrected chi connectivity index (χ3v) is 4.71. The molecule has 10 nitrogen and oxygen atoms in total. The van der Waals surface area contributed by atoms with Gasteiger partial charge in [0.1, 0.15) is 5.69 Å². The predicted molar refractivity (Wildman–Crippen MR) is 104 cm³/mol. The average Bonchev–Trinajstić information content (AvgIpc) is 3.31. The van der Waals surface area contributed by atoms with Crippen molar-refractivity contribution in [2.45, 2.75) is 13.0 Å². The van der Waals surface area contributed by atoms with Gasteiger partial charge in [0.25, 0.3) is 0 Å². The van der Waals surface area contributed by atoms with E-state index in [2.05, 4.69) is 30.9 Å². The van der Waals surface area contributed by atoms with Gasteiger partial charge >= 0.3 is 11.7 Å². The lowest BCUT2D eigenvalue weighted by molar-refractivity contribution is 0.251. The summed E-state index contributed by atoms with van der Waals surface area (Å²) in [6.45, 7) is 0.793. The number of carbonyl (C=O) groups is 1. The van der Waals surface area contributed by atoms with Crippen molar-refractivity contribution in [1.82, 2.24) is 34.7 Å². The summed E-state index contributed by atoms with van der Waals surface area (Å²) in [5.41, 5.74) is 1.10. The zero-order valence-corrected chi connectivity index (χ0v) is 15.5. The number of aromatic nitrogens is 6. The van der Waals surface area contributed by atoms with Crippen LogP contribution in [0.5, 0.6) is 0 Å². The van der Waals surface area contributed by atoms with Crippen LogP contribution in [0.1, 0.15) is 6.42 Å². The quantitative estimate of drug-likeness (QED) is 0.478. The fourth-order valence-electron chi connectivity index (χ4n) is 2.55. The number of nitrogens with one attached hydrogen (secondary N) is 2. The average molecular weight is 396 g/mol. The summed E-state index contributed by atoms with van der Waals surface area (Å²) >= 11 is 1.24. The van der Waals surface area contributed by atoms with Gasteiger partial charge in [-0.1, -0.05) is 23.5 Å². The standard InChI is InChI=1S/C17H16N8O2S/c26-15(20-16-22-21-14(28-16)12-6-1-3-8-18-12)19-9-5-11-25-17(27)24-10-4-2-7-13(24)23-25/h1-4,6-8,10H,5,9,11H2,(H2,19,20,22,26). The molecule has 142 valence electrons. The van der Waals surface area contributed by atoms with Crippen molar-refractivity contribution in [2.24, 2.45) is 0 Å². The van der Waals surface area contributed by atoms with Crippen molar-refractivity contribution in [3.05, 3.63) is 59.3 Å². The predicted octanol–water partition coefficient (Wildman–Crippen LogP) is 1.62. The van der Waals surface area contributed by atoms with Gasteiger partial charge in [-0.15, -0.1) is 15.3 Å². The van der Waals surface area contributed by atoms with E-state index in [1.54, 1.807) is 24.5 Å². The van der Waals surface area contributed by atoms with E-state index in [1.807, 2.05) is 24.3 Å². The molecule has 0 radical (unpaired) electrons. The van der Waals surface area contributed by atoms with Crippen LogP contribution < -0.4 is 16.3 Å². The van der Waals surface area contributed by atoms with Gasteiger partial charge in [-0.2, -0.15) is 0 Å². The minimum atomic E-state index is -0.383. The molecule has 0 spiro atoms. The van der Waals surface area contributed by atoms with E-state index in [1.165, 1.54) is 20.4 Å². The van der Waals surface area contributed by atoms with Crippen molar-refractivity contribution in [3.63, 3.8) is 0 Å². The Morgan fingerprint density at radius 1 is 1.14 bits per heavy atom. The van der Waals surface area contributed by atoms with Crippen LogP contribution in [0.4, 0.5) is 9.93 Å². The van der Waals surface area contributed by atoms with Crippen LogP contribution in [0, 0.1) is 0 Å². The van der Waals surface area contributed by atoms with E-state index >= 15 is 0 Å². The Bertz CT molecular complexity index is 1150. The highest BCUT2D eigenvalue weighted by Crippen LogP contribution is 2.24. The number of amides is 2. The molecule has 4 aromatic rings. The first-order valence-corrected chi connectivity index (χ1v) is 9.36. The SMILES string of the molecule is O=C(NCCCn1nc2ccccn2c1=O)Nc1nnc(-c2ccccn2)s1. The van der Waals surface area contributed by atoms with E-state index in [-0.39, 0.29) is 11.7 Å². The molecule has 4 heterocycles. The summed E-state index contributed by atoms with van der Waals surface area (Å²) in [6, 6.07) is 10.5. The van der Waals surface area contributed by atoms with Gasteiger partial charge in [-0.3, -0.25) is 14.7 Å². The molecule has 0 atom stereocenters. The summed E-state index contributed by atoms with van der Waals surface area (Å²) < 4.78 is 2.87. The summed E-state index contributed by atoms with van der Waals surface area (Å²) in [4.78, 5) is 28.3. The van der Waals surface area contributed by atoms with Crippen molar-refractivity contribution in [2.75, 3.05) is 11.9 Å². The fraction of sp³-hybridized carbons (Fsp3) is 0.176. The Morgan fingerprint density at radius 3 is 2.86 bits per heavy atom. The largest absolute Gasteiger partial charge is 0.350 e. The number of aryl methyl sites for hydroxylation is 1. The Morgan fingerprint density at radius 2 is 2.04 bits per heavy atom. The topological polar surface area (TPSA) is 119 Å². The highest BCUT2D eigenvalue weighted by atomic mass is 32.1. The Kier molecular flexibility index (Phi) is 5.06. The van der Waals surface area contributed by atoms with Crippen LogP contribution >= 0.6 is 11.3 Å². The maximum Gasteiger partial charge on any atom is 0.350 e. The number of rotatable bonds is 6. The summed E-state index contributed by atoms with van der Waals surface area (Å²) in [5, 5.41) is 18.6. The molecule has 4 rings (SSSR count). The molecule has 4 aromatic heterocycles. The van der Waals surface area contributed by atoms with Crippen LogP contribution in [0.2, 0.25) is 0 Å². The molecule has 0 saturated carbocycles. The number of urea groups is 1. The van der Waals surface area contributed by atoms with Crippen molar-refractivity contribution in [3.8, 4) is 10.7 Å². The third-order valence-electron chi connectivity index (χ3n) is 3.85. The lowest BCUT2D eigenvalue weighted by Crippen LogP contribution is -2.31. The first-order valence-electron chi connectivity index (χ1n) is 8.55. The van der Waals surface area contributed by atoms with Crippen molar-refractivity contribution < 1.29 is 4.79 Å². The number of nitrogens with zero attached hydrogens (tertiary/aromatic N) is 6. The number of pyridine rings is 2. The minimum absolute atomic E-state index is 0.198. The molecule has 0 aliphatic rings. The van der Waals surface area contributed by atoms with Crippen molar-refractivity contribution in [1.29, 1.82) is 0 Å². The molecule has 28 heavy (non-hydrogen) atoms. The van der Waals surface area contributed by atoms with E-state index < -0.39 is 0 Å². The Balaban J connectivity index is 1.26. The van der Waals surface area contributed by atoms with Gasteiger partial charge in [0.2, 0.25) is 5.13 Å². The molecule has 11 heteroatoms. The number of hydrogen-bond donors (Lipinski definition) is 2. The van der Waals surface area contributed by atoms with Gasteiger partial charge in [-0.05, 0) is 30.7 Å². The van der Waals surface area contributed by atoms with Crippen LogP contribution in [0.15, 0.2) is 53.6 Å². The highest BCUT2D eigenvalue weighted by molar-refractivity contribution is 7.18. The second kappa shape index (κ2) is 7.96. The maximum atomic E-state index is 12.2. The van der Waals surface area contributed by atoms with E-state index in [0.29, 0.717) is 41.0 Å². The molecular formula is C17H16N8O2S. The third kappa shape index (κ3) is 3.88. The summed E-state index contributed by atoms with van der Waals surface area (Å²) in [6.07, 6.45) is 3.91. The second-order valence-electron chi connectivity index (χ2n) is 5.80. The van der Waals surface area contributed by atoms with Gasteiger partial charge in [-0.25, -0.2) is 14.3 Å². The van der Waals surface area contributed by atoms with Gasteiger partial charge in [0.15, 0.2) is 10.7 Å². The zero-order chi connectivity index (χ0) is 19.3. The van der Waals surface area contributed by atoms with Gasteiger partial charge in [0.05, 0.1) is 0 Å². The van der Waals surface area contributed by atoms with Crippen LogP contribution in [0.3, 0.4) is 0 Å². The van der Waals surface area contributed by atoms with E-state index in [9.17, 15) is 9.59 Å². The van der Waals surface area contributed by atoms with Crippen LogP contribution in [0.25, 0.3) is 16.3 Å². The normalized spacial score (nSPS) is 10.9. The van der Waals surface area contributed by atoms with E-state index in [4.69, 9.17) is 0 Å². The molecule has 0 bridgehead atoms. The Hall–Kier alpha value is -3.60. The molecular weight excluding hydrogens is 380 g/mol. The van der Waals surface area contributed by atoms with Crippen molar-refractivity contribution >= 4 is 28.1 Å². The fourth-order valence-corrected chi connectivity index (χ4v) is 3.27. The lowest BCUT2D eigenvalue weighted by Gasteiger charge is -2.04. The number of fused-ring (bicyclic) bond motifs is 1. The maximum absolute atomic E-state index is 12.2.